The van der Waals surface area contributed by atoms with Crippen LogP contribution in [0.4, 0.5) is 8.78 Å². The van der Waals surface area contributed by atoms with E-state index in [0.717, 1.165) is 18.2 Å². The summed E-state index contributed by atoms with van der Waals surface area (Å²) in [5.41, 5.74) is 0.0976. The Kier molecular flexibility index (Phi) is 2.29. The fraction of sp³-hybridized carbons (Fsp3) is 0. The van der Waals surface area contributed by atoms with Crippen molar-refractivity contribution in [2.24, 2.45) is 0 Å². The Bertz CT molecular complexity index is 531. The Morgan fingerprint density at radius 1 is 1.07 bits per heavy atom. The molecule has 1 aromatic heterocycles. The molecule has 0 atom stereocenters. The smallest absolute Gasteiger partial charge is 0.251 e. The average molecular weight is 208 g/mol. The van der Waals surface area contributed by atoms with Crippen molar-refractivity contribution in [2.75, 3.05) is 0 Å². The molecule has 0 aliphatic rings. The van der Waals surface area contributed by atoms with Crippen molar-refractivity contribution < 1.29 is 8.78 Å². The number of halogens is 2. The Morgan fingerprint density at radius 3 is 2.33 bits per heavy atom. The van der Waals surface area contributed by atoms with E-state index in [1.807, 2.05) is 0 Å². The molecule has 0 bridgehead atoms. The highest BCUT2D eigenvalue weighted by Gasteiger charge is 2.04. The molecule has 0 spiro atoms. The van der Waals surface area contributed by atoms with Crippen LogP contribution in [0.25, 0.3) is 11.3 Å². The van der Waals surface area contributed by atoms with Crippen molar-refractivity contribution in [1.29, 1.82) is 0 Å². The van der Waals surface area contributed by atoms with Crippen molar-refractivity contribution in [1.82, 2.24) is 9.97 Å². The number of nitrogens with zero attached hydrogens (tertiary/aromatic N) is 1. The summed E-state index contributed by atoms with van der Waals surface area (Å²) >= 11 is 0. The Balaban J connectivity index is 2.58. The molecule has 15 heavy (non-hydrogen) atoms. The lowest BCUT2D eigenvalue weighted by molar-refractivity contribution is 0.584. The van der Waals surface area contributed by atoms with E-state index in [9.17, 15) is 13.6 Å². The molecule has 0 radical (unpaired) electrons. The normalized spacial score (nSPS) is 10.3. The van der Waals surface area contributed by atoms with E-state index in [0.29, 0.717) is 0 Å². The van der Waals surface area contributed by atoms with Crippen LogP contribution in [0.1, 0.15) is 0 Å². The molecule has 5 heteroatoms. The summed E-state index contributed by atoms with van der Waals surface area (Å²) in [5.74, 6) is -1.40. The zero-order valence-electron chi connectivity index (χ0n) is 7.50. The van der Waals surface area contributed by atoms with Crippen molar-refractivity contribution >= 4 is 0 Å². The number of hydrogen-bond acceptors (Lipinski definition) is 2. The van der Waals surface area contributed by atoms with Crippen LogP contribution in [0.2, 0.25) is 0 Å². The molecule has 3 nitrogen and oxygen atoms in total. The van der Waals surface area contributed by atoms with Gasteiger partial charge in [-0.25, -0.2) is 13.8 Å². The summed E-state index contributed by atoms with van der Waals surface area (Å²) in [6.45, 7) is 0. The standard InChI is InChI=1S/C10H6F2N2O/c11-7-1-6(2-8(12)3-7)9-4-10(15)14-5-13-9/h1-5H,(H,13,14,15). The Labute approximate surface area is 83.4 Å². The third-order valence-electron chi connectivity index (χ3n) is 1.84. The van der Waals surface area contributed by atoms with Gasteiger partial charge in [0.25, 0.3) is 5.56 Å². The molecule has 2 rings (SSSR count). The molecule has 2 aromatic rings. The highest BCUT2D eigenvalue weighted by Crippen LogP contribution is 2.17. The fourth-order valence-electron chi connectivity index (χ4n) is 1.23. The molecule has 0 amide bonds. The van der Waals surface area contributed by atoms with Gasteiger partial charge in [-0.15, -0.1) is 0 Å². The van der Waals surface area contributed by atoms with Crippen molar-refractivity contribution in [2.45, 2.75) is 0 Å². The van der Waals surface area contributed by atoms with Gasteiger partial charge in [0.15, 0.2) is 0 Å². The first-order chi connectivity index (χ1) is 7.15. The van der Waals surface area contributed by atoms with Gasteiger partial charge in [-0.3, -0.25) is 4.79 Å². The zero-order chi connectivity index (χ0) is 10.8. The van der Waals surface area contributed by atoms with Crippen molar-refractivity contribution in [3.8, 4) is 11.3 Å². The summed E-state index contributed by atoms with van der Waals surface area (Å²) in [6.07, 6.45) is 1.18. The van der Waals surface area contributed by atoms with E-state index in [1.54, 1.807) is 0 Å². The monoisotopic (exact) mass is 208 g/mol. The lowest BCUT2D eigenvalue weighted by atomic mass is 10.1. The molecule has 76 valence electrons. The number of benzene rings is 1. The minimum absolute atomic E-state index is 0.233. The second-order valence-electron chi connectivity index (χ2n) is 2.95. The first kappa shape index (κ1) is 9.51. The van der Waals surface area contributed by atoms with E-state index < -0.39 is 11.6 Å². The summed E-state index contributed by atoms with van der Waals surface area (Å²) in [4.78, 5) is 17.1. The van der Waals surface area contributed by atoms with Crippen LogP contribution in [0.15, 0.2) is 35.4 Å². The maximum atomic E-state index is 12.9. The van der Waals surface area contributed by atoms with E-state index in [2.05, 4.69) is 9.97 Å². The third kappa shape index (κ3) is 2.07. The average Bonchev–Trinajstić information content (AvgIpc) is 2.16. The highest BCUT2D eigenvalue weighted by atomic mass is 19.1. The largest absolute Gasteiger partial charge is 0.313 e. The summed E-state index contributed by atoms with van der Waals surface area (Å²) in [6, 6.07) is 4.17. The number of H-pyrrole nitrogens is 1. The van der Waals surface area contributed by atoms with Gasteiger partial charge in [-0.05, 0) is 12.1 Å². The molecule has 1 N–H and O–H groups in total. The molecular weight excluding hydrogens is 202 g/mol. The fourth-order valence-corrected chi connectivity index (χ4v) is 1.23. The van der Waals surface area contributed by atoms with Gasteiger partial charge in [-0.1, -0.05) is 0 Å². The molecule has 0 aliphatic carbocycles. The van der Waals surface area contributed by atoms with E-state index in [4.69, 9.17) is 0 Å². The van der Waals surface area contributed by atoms with Gasteiger partial charge in [0.2, 0.25) is 0 Å². The van der Waals surface area contributed by atoms with Crippen molar-refractivity contribution in [3.63, 3.8) is 0 Å². The van der Waals surface area contributed by atoms with Crippen molar-refractivity contribution in [3.05, 3.63) is 52.6 Å². The minimum atomic E-state index is -0.702. The number of hydrogen-bond donors (Lipinski definition) is 1. The van der Waals surface area contributed by atoms with Gasteiger partial charge < -0.3 is 4.98 Å². The molecule has 0 saturated heterocycles. The van der Waals surface area contributed by atoms with Gasteiger partial charge in [0.05, 0.1) is 12.0 Å². The second-order valence-corrected chi connectivity index (χ2v) is 2.95. The first-order valence-corrected chi connectivity index (χ1v) is 4.16. The number of nitrogens with one attached hydrogen (secondary N) is 1. The summed E-state index contributed by atoms with van der Waals surface area (Å²) in [5, 5.41) is 0. The zero-order valence-corrected chi connectivity index (χ0v) is 7.50. The molecule has 0 unspecified atom stereocenters. The number of aromatic nitrogens is 2. The minimum Gasteiger partial charge on any atom is -0.313 e. The van der Waals surface area contributed by atoms with Crippen LogP contribution in [-0.2, 0) is 0 Å². The van der Waals surface area contributed by atoms with Gasteiger partial charge in [0, 0.05) is 17.7 Å². The van der Waals surface area contributed by atoms with Crippen LogP contribution >= 0.6 is 0 Å². The summed E-state index contributed by atoms with van der Waals surface area (Å²) in [7, 11) is 0. The van der Waals surface area contributed by atoms with Gasteiger partial charge in [0.1, 0.15) is 11.6 Å². The van der Waals surface area contributed by atoms with Gasteiger partial charge >= 0.3 is 0 Å². The first-order valence-electron chi connectivity index (χ1n) is 4.16. The molecule has 1 aromatic carbocycles. The third-order valence-corrected chi connectivity index (χ3v) is 1.84. The predicted octanol–water partition coefficient (Wildman–Crippen LogP) is 1.72. The molecule has 0 aliphatic heterocycles. The summed E-state index contributed by atoms with van der Waals surface area (Å²) < 4.78 is 25.7. The van der Waals surface area contributed by atoms with Crippen LogP contribution < -0.4 is 5.56 Å². The molecular formula is C10H6F2N2O. The topological polar surface area (TPSA) is 45.8 Å². The van der Waals surface area contributed by atoms with Crippen LogP contribution in [0.3, 0.4) is 0 Å². The number of aromatic amines is 1. The highest BCUT2D eigenvalue weighted by molar-refractivity contribution is 5.58. The second kappa shape index (κ2) is 3.61. The Morgan fingerprint density at radius 2 is 1.73 bits per heavy atom. The van der Waals surface area contributed by atoms with Crippen LogP contribution in [0, 0.1) is 11.6 Å². The Hall–Kier alpha value is -2.04. The lowest BCUT2D eigenvalue weighted by Crippen LogP contribution is -2.04. The quantitative estimate of drug-likeness (QED) is 0.775. The molecule has 1 heterocycles. The molecule has 0 saturated carbocycles. The lowest BCUT2D eigenvalue weighted by Gasteiger charge is -2.00. The predicted molar refractivity (Wildman–Crippen MR) is 50.2 cm³/mol. The van der Waals surface area contributed by atoms with Crippen LogP contribution in [-0.4, -0.2) is 9.97 Å². The van der Waals surface area contributed by atoms with Gasteiger partial charge in [-0.2, -0.15) is 0 Å². The van der Waals surface area contributed by atoms with Crippen LogP contribution in [0.5, 0.6) is 0 Å². The van der Waals surface area contributed by atoms with E-state index in [1.165, 1.54) is 12.4 Å². The maximum absolute atomic E-state index is 12.9. The molecule has 0 fully saturated rings. The van der Waals surface area contributed by atoms with E-state index in [-0.39, 0.29) is 16.8 Å². The maximum Gasteiger partial charge on any atom is 0.251 e. The number of rotatable bonds is 1. The van der Waals surface area contributed by atoms with E-state index >= 15 is 0 Å². The SMILES string of the molecule is O=c1cc(-c2cc(F)cc(F)c2)nc[nH]1.